The zero-order valence-electron chi connectivity index (χ0n) is 15.4. The monoisotopic (exact) mass is 365 g/mol. The molecule has 1 fully saturated rings. The summed E-state index contributed by atoms with van der Waals surface area (Å²) in [4.78, 5) is 27.4. The average molecular weight is 365 g/mol. The van der Waals surface area contributed by atoms with E-state index in [1.54, 1.807) is 42.0 Å². The summed E-state index contributed by atoms with van der Waals surface area (Å²) in [7, 11) is 1.54. The Kier molecular flexibility index (Phi) is 7.17. The van der Waals surface area contributed by atoms with Crippen LogP contribution in [0.2, 0.25) is 0 Å². The summed E-state index contributed by atoms with van der Waals surface area (Å²) in [5.74, 6) is 0.822. The first-order valence-corrected chi connectivity index (χ1v) is 9.80. The number of benzene rings is 1. The van der Waals surface area contributed by atoms with Gasteiger partial charge in [-0.1, -0.05) is 39.3 Å². The number of thioether (sulfide) groups is 1. The van der Waals surface area contributed by atoms with Crippen molar-refractivity contribution in [3.05, 3.63) is 29.8 Å². The highest BCUT2D eigenvalue weighted by Crippen LogP contribution is 2.36. The Morgan fingerprint density at radius 1 is 1.32 bits per heavy atom. The SMILES string of the molecule is CCCCOC(=O)[C@@H]1CS[C@@H](C(C)C)N1C(=O)c1ccccc1OC. The van der Waals surface area contributed by atoms with E-state index >= 15 is 0 Å². The van der Waals surface area contributed by atoms with Crippen LogP contribution < -0.4 is 4.74 Å². The highest BCUT2D eigenvalue weighted by Gasteiger charge is 2.44. The summed E-state index contributed by atoms with van der Waals surface area (Å²) in [5.41, 5.74) is 0.476. The van der Waals surface area contributed by atoms with Crippen LogP contribution in [0.4, 0.5) is 0 Å². The van der Waals surface area contributed by atoms with Crippen molar-refractivity contribution in [1.82, 2.24) is 4.90 Å². The molecule has 0 N–H and O–H groups in total. The number of hydrogen-bond acceptors (Lipinski definition) is 5. The van der Waals surface area contributed by atoms with Crippen molar-refractivity contribution >= 4 is 23.6 Å². The molecule has 2 atom stereocenters. The van der Waals surface area contributed by atoms with Gasteiger partial charge >= 0.3 is 5.97 Å². The number of carbonyl (C=O) groups is 2. The standard InChI is InChI=1S/C19H27NO4S/c1-5-6-11-24-19(22)15-12-25-18(13(2)3)20(15)17(21)14-9-7-8-10-16(14)23-4/h7-10,13,15,18H,5-6,11-12H2,1-4H3/t15-,18-/m0/s1. The van der Waals surface area contributed by atoms with Crippen molar-refractivity contribution in [2.75, 3.05) is 19.5 Å². The molecule has 1 aromatic rings. The van der Waals surface area contributed by atoms with Crippen LogP contribution in [0.5, 0.6) is 5.75 Å². The van der Waals surface area contributed by atoms with Gasteiger partial charge in [-0.3, -0.25) is 4.79 Å². The predicted molar refractivity (Wildman–Crippen MR) is 99.9 cm³/mol. The molecule has 0 saturated carbocycles. The molecule has 1 aliphatic heterocycles. The Morgan fingerprint density at radius 3 is 2.68 bits per heavy atom. The normalized spacial score (nSPS) is 20.0. The summed E-state index contributed by atoms with van der Waals surface area (Å²) in [6.07, 6.45) is 1.80. The first-order chi connectivity index (χ1) is 12.0. The molecule has 1 aromatic carbocycles. The van der Waals surface area contributed by atoms with Crippen LogP contribution in [0, 0.1) is 5.92 Å². The number of methoxy groups -OCH3 is 1. The molecule has 0 radical (unpaired) electrons. The second-order valence-electron chi connectivity index (χ2n) is 6.42. The molecule has 5 nitrogen and oxygen atoms in total. The minimum absolute atomic E-state index is 0.0545. The van der Waals surface area contributed by atoms with Crippen molar-refractivity contribution in [1.29, 1.82) is 0 Å². The van der Waals surface area contributed by atoms with Crippen LogP contribution in [0.1, 0.15) is 44.0 Å². The van der Waals surface area contributed by atoms with E-state index in [9.17, 15) is 9.59 Å². The van der Waals surface area contributed by atoms with E-state index in [0.717, 1.165) is 12.8 Å². The lowest BCUT2D eigenvalue weighted by Gasteiger charge is -2.31. The Labute approximate surface area is 154 Å². The first-order valence-electron chi connectivity index (χ1n) is 8.75. The Hall–Kier alpha value is -1.69. The molecule has 0 unspecified atom stereocenters. The zero-order valence-corrected chi connectivity index (χ0v) is 16.2. The highest BCUT2D eigenvalue weighted by molar-refractivity contribution is 8.00. The lowest BCUT2D eigenvalue weighted by molar-refractivity contribution is -0.148. The van der Waals surface area contributed by atoms with Gasteiger partial charge in [0, 0.05) is 5.75 Å². The van der Waals surface area contributed by atoms with Crippen LogP contribution in [-0.4, -0.2) is 47.7 Å². The minimum Gasteiger partial charge on any atom is -0.496 e. The molecule has 6 heteroatoms. The van der Waals surface area contributed by atoms with Crippen molar-refractivity contribution in [3.63, 3.8) is 0 Å². The molecule has 25 heavy (non-hydrogen) atoms. The van der Waals surface area contributed by atoms with E-state index in [1.165, 1.54) is 0 Å². The van der Waals surface area contributed by atoms with Crippen molar-refractivity contribution < 1.29 is 19.1 Å². The molecule has 2 rings (SSSR count). The number of rotatable bonds is 7. The van der Waals surface area contributed by atoms with Crippen LogP contribution in [0.25, 0.3) is 0 Å². The fourth-order valence-corrected chi connectivity index (χ4v) is 4.32. The van der Waals surface area contributed by atoms with Crippen molar-refractivity contribution in [3.8, 4) is 5.75 Å². The van der Waals surface area contributed by atoms with Gasteiger partial charge in [0.15, 0.2) is 0 Å². The summed E-state index contributed by atoms with van der Waals surface area (Å²) in [5, 5.41) is -0.0545. The smallest absolute Gasteiger partial charge is 0.329 e. The molecular formula is C19H27NO4S. The van der Waals surface area contributed by atoms with E-state index in [-0.39, 0.29) is 23.2 Å². The number of nitrogens with zero attached hydrogens (tertiary/aromatic N) is 1. The number of unbranched alkanes of at least 4 members (excludes halogenated alkanes) is 1. The van der Waals surface area contributed by atoms with Crippen LogP contribution >= 0.6 is 11.8 Å². The highest BCUT2D eigenvalue weighted by atomic mass is 32.2. The fraction of sp³-hybridized carbons (Fsp3) is 0.579. The lowest BCUT2D eigenvalue weighted by atomic mass is 10.1. The van der Waals surface area contributed by atoms with E-state index in [0.29, 0.717) is 23.7 Å². The number of para-hydroxylation sites is 1. The number of carbonyl (C=O) groups excluding carboxylic acids is 2. The summed E-state index contributed by atoms with van der Waals surface area (Å²) in [6.45, 7) is 6.57. The summed E-state index contributed by atoms with van der Waals surface area (Å²) in [6, 6.07) is 6.57. The van der Waals surface area contributed by atoms with Gasteiger partial charge in [0.1, 0.15) is 11.8 Å². The van der Waals surface area contributed by atoms with Gasteiger partial charge in [-0.25, -0.2) is 4.79 Å². The Morgan fingerprint density at radius 2 is 2.04 bits per heavy atom. The lowest BCUT2D eigenvalue weighted by Crippen LogP contribution is -2.47. The van der Waals surface area contributed by atoms with Crippen LogP contribution in [-0.2, 0) is 9.53 Å². The third kappa shape index (κ3) is 4.48. The molecule has 1 aliphatic rings. The summed E-state index contributed by atoms with van der Waals surface area (Å²) >= 11 is 1.63. The molecule has 1 heterocycles. The van der Waals surface area contributed by atoms with Gasteiger partial charge in [-0.2, -0.15) is 0 Å². The molecule has 138 valence electrons. The maximum atomic E-state index is 13.2. The third-order valence-corrected chi connectivity index (χ3v) is 5.81. The predicted octanol–water partition coefficient (Wildman–Crippen LogP) is 3.58. The minimum atomic E-state index is -0.549. The Bertz CT molecular complexity index is 605. The molecule has 1 amide bonds. The molecule has 0 aliphatic carbocycles. The number of hydrogen-bond donors (Lipinski definition) is 0. The van der Waals surface area contributed by atoms with E-state index < -0.39 is 6.04 Å². The van der Waals surface area contributed by atoms with Crippen LogP contribution in [0.15, 0.2) is 24.3 Å². The molecule has 1 saturated heterocycles. The quantitative estimate of drug-likeness (QED) is 0.546. The molecular weight excluding hydrogens is 338 g/mol. The van der Waals surface area contributed by atoms with Gasteiger partial charge < -0.3 is 14.4 Å². The number of esters is 1. The molecule has 0 spiro atoms. The average Bonchev–Trinajstić information content (AvgIpc) is 3.06. The fourth-order valence-electron chi connectivity index (χ4n) is 2.85. The Balaban J connectivity index is 2.26. The maximum absolute atomic E-state index is 13.2. The molecule has 0 aromatic heterocycles. The van der Waals surface area contributed by atoms with Gasteiger partial charge in [0.2, 0.25) is 0 Å². The topological polar surface area (TPSA) is 55.8 Å². The van der Waals surface area contributed by atoms with Gasteiger partial charge in [0.05, 0.1) is 24.7 Å². The largest absolute Gasteiger partial charge is 0.496 e. The van der Waals surface area contributed by atoms with E-state index in [1.807, 2.05) is 13.0 Å². The second-order valence-corrected chi connectivity index (χ2v) is 7.57. The van der Waals surface area contributed by atoms with Crippen molar-refractivity contribution in [2.24, 2.45) is 5.92 Å². The maximum Gasteiger partial charge on any atom is 0.329 e. The van der Waals surface area contributed by atoms with Gasteiger partial charge in [0.25, 0.3) is 5.91 Å². The van der Waals surface area contributed by atoms with E-state index in [4.69, 9.17) is 9.47 Å². The number of ether oxygens (including phenoxy) is 2. The second kappa shape index (κ2) is 9.13. The zero-order chi connectivity index (χ0) is 18.4. The number of amides is 1. The van der Waals surface area contributed by atoms with Gasteiger partial charge in [-0.15, -0.1) is 11.8 Å². The molecule has 0 bridgehead atoms. The van der Waals surface area contributed by atoms with E-state index in [2.05, 4.69) is 13.8 Å². The summed E-state index contributed by atoms with van der Waals surface area (Å²) < 4.78 is 10.7. The van der Waals surface area contributed by atoms with Gasteiger partial charge in [-0.05, 0) is 24.5 Å². The first kappa shape index (κ1) is 19.6. The van der Waals surface area contributed by atoms with Crippen LogP contribution in [0.3, 0.4) is 0 Å². The van der Waals surface area contributed by atoms with Crippen molar-refractivity contribution in [2.45, 2.75) is 45.0 Å². The third-order valence-electron chi connectivity index (χ3n) is 4.19.